The minimum absolute atomic E-state index is 0.209. The van der Waals surface area contributed by atoms with Crippen LogP contribution in [0.5, 0.6) is 11.5 Å². The van der Waals surface area contributed by atoms with Crippen molar-refractivity contribution in [3.05, 3.63) is 54.1 Å². The Morgan fingerprint density at radius 3 is 2.53 bits per heavy atom. The monoisotopic (exact) mass is 409 g/mol. The summed E-state index contributed by atoms with van der Waals surface area (Å²) in [6.45, 7) is 3.77. The van der Waals surface area contributed by atoms with E-state index in [1.165, 1.54) is 4.90 Å². The summed E-state index contributed by atoms with van der Waals surface area (Å²) in [5, 5.41) is 2.72. The van der Waals surface area contributed by atoms with Crippen molar-refractivity contribution in [1.29, 1.82) is 0 Å². The highest BCUT2D eigenvalue weighted by atomic mass is 16.6. The molecule has 0 bridgehead atoms. The number of ether oxygens (including phenoxy) is 2. The summed E-state index contributed by atoms with van der Waals surface area (Å²) in [4.78, 5) is 40.2. The molecule has 1 N–H and O–H groups in total. The van der Waals surface area contributed by atoms with Gasteiger partial charge in [0.05, 0.1) is 6.54 Å². The fourth-order valence-corrected chi connectivity index (χ4v) is 3.50. The normalized spacial score (nSPS) is 20.5. The van der Waals surface area contributed by atoms with Crippen molar-refractivity contribution in [2.24, 2.45) is 0 Å². The second-order valence-electron chi connectivity index (χ2n) is 7.39. The molecule has 4 rings (SSSR count). The van der Waals surface area contributed by atoms with E-state index < -0.39 is 23.9 Å². The first-order chi connectivity index (χ1) is 14.4. The Morgan fingerprint density at radius 2 is 1.80 bits per heavy atom. The van der Waals surface area contributed by atoms with Gasteiger partial charge in [-0.1, -0.05) is 29.8 Å². The molecule has 0 radical (unpaired) electrons. The van der Waals surface area contributed by atoms with E-state index in [9.17, 15) is 14.4 Å². The van der Waals surface area contributed by atoms with Crippen molar-refractivity contribution in [2.45, 2.75) is 26.0 Å². The number of carbonyl (C=O) groups excluding carboxylic acids is 3. The Balaban J connectivity index is 1.34. The number of para-hydroxylation sites is 2. The molecule has 8 heteroatoms. The molecule has 2 aromatic carbocycles. The van der Waals surface area contributed by atoms with E-state index >= 15 is 0 Å². The second-order valence-corrected chi connectivity index (χ2v) is 7.39. The highest BCUT2D eigenvalue weighted by molar-refractivity contribution is 6.15. The van der Waals surface area contributed by atoms with Crippen LogP contribution in [0, 0.1) is 6.92 Å². The van der Waals surface area contributed by atoms with E-state index in [1.54, 1.807) is 25.1 Å². The van der Waals surface area contributed by atoms with Gasteiger partial charge in [-0.3, -0.25) is 19.4 Å². The van der Waals surface area contributed by atoms with E-state index in [4.69, 9.17) is 9.47 Å². The molecule has 0 saturated carbocycles. The van der Waals surface area contributed by atoms with Gasteiger partial charge < -0.3 is 14.8 Å². The fourth-order valence-electron chi connectivity index (χ4n) is 3.50. The van der Waals surface area contributed by atoms with Gasteiger partial charge in [-0.2, -0.15) is 0 Å². The largest absolute Gasteiger partial charge is 0.486 e. The average Bonchev–Trinajstić information content (AvgIpc) is 2.96. The number of carbonyl (C=O) groups is 3. The van der Waals surface area contributed by atoms with E-state index in [-0.39, 0.29) is 19.2 Å². The van der Waals surface area contributed by atoms with Crippen LogP contribution in [0.25, 0.3) is 0 Å². The summed E-state index contributed by atoms with van der Waals surface area (Å²) in [7, 11) is 0. The first kappa shape index (κ1) is 19.8. The Bertz CT molecular complexity index is 975. The number of amides is 4. The number of nitrogens with one attached hydrogen (secondary N) is 1. The van der Waals surface area contributed by atoms with Crippen LogP contribution in [0.4, 0.5) is 10.5 Å². The molecule has 1 saturated heterocycles. The van der Waals surface area contributed by atoms with Crippen molar-refractivity contribution in [3.63, 3.8) is 0 Å². The Labute approximate surface area is 174 Å². The molecule has 1 fully saturated rings. The molecule has 0 aromatic heterocycles. The number of aryl methyl sites for hydroxylation is 1. The first-order valence-corrected chi connectivity index (χ1v) is 9.80. The molecule has 0 unspecified atom stereocenters. The van der Waals surface area contributed by atoms with Crippen LogP contribution in [-0.2, 0) is 9.59 Å². The third kappa shape index (κ3) is 3.80. The Morgan fingerprint density at radius 1 is 1.10 bits per heavy atom. The molecule has 2 aliphatic rings. The SMILES string of the molecule is Cc1ccc(N2C(=O)N(CC(=O)NC[C@@H]3COc4ccccc4O3)C(=O)[C@H]2C)cc1. The molecule has 2 aromatic rings. The Kier molecular flexibility index (Phi) is 5.31. The van der Waals surface area contributed by atoms with Crippen LogP contribution in [0.2, 0.25) is 0 Å². The number of imide groups is 1. The van der Waals surface area contributed by atoms with Crippen LogP contribution in [0.15, 0.2) is 48.5 Å². The molecular formula is C22H23N3O5. The van der Waals surface area contributed by atoms with Crippen molar-refractivity contribution in [1.82, 2.24) is 10.2 Å². The van der Waals surface area contributed by atoms with Crippen LogP contribution in [0.3, 0.4) is 0 Å². The first-order valence-electron chi connectivity index (χ1n) is 9.80. The van der Waals surface area contributed by atoms with E-state index in [2.05, 4.69) is 5.32 Å². The lowest BCUT2D eigenvalue weighted by Gasteiger charge is -2.26. The third-order valence-electron chi connectivity index (χ3n) is 5.16. The zero-order chi connectivity index (χ0) is 21.3. The smallest absolute Gasteiger partial charge is 0.332 e. The van der Waals surface area contributed by atoms with Crippen LogP contribution in [0.1, 0.15) is 12.5 Å². The molecular weight excluding hydrogens is 386 g/mol. The summed E-state index contributed by atoms with van der Waals surface area (Å²) in [6.07, 6.45) is -0.350. The number of nitrogens with zero attached hydrogens (tertiary/aromatic N) is 2. The van der Waals surface area contributed by atoms with Crippen LogP contribution in [-0.4, -0.2) is 54.6 Å². The van der Waals surface area contributed by atoms with Gasteiger partial charge in [0.2, 0.25) is 5.91 Å². The maximum atomic E-state index is 12.8. The molecule has 156 valence electrons. The number of benzene rings is 2. The zero-order valence-corrected chi connectivity index (χ0v) is 16.8. The van der Waals surface area contributed by atoms with Gasteiger partial charge >= 0.3 is 6.03 Å². The van der Waals surface area contributed by atoms with Gasteiger partial charge in [-0.15, -0.1) is 0 Å². The lowest BCUT2D eigenvalue weighted by atomic mass is 10.2. The predicted octanol–water partition coefficient (Wildman–Crippen LogP) is 2.11. The molecule has 30 heavy (non-hydrogen) atoms. The summed E-state index contributed by atoms with van der Waals surface area (Å²) in [5.41, 5.74) is 1.68. The summed E-state index contributed by atoms with van der Waals surface area (Å²) >= 11 is 0. The lowest BCUT2D eigenvalue weighted by Crippen LogP contribution is -2.46. The molecule has 8 nitrogen and oxygen atoms in total. The molecule has 0 aliphatic carbocycles. The van der Waals surface area contributed by atoms with Crippen LogP contribution < -0.4 is 19.7 Å². The van der Waals surface area contributed by atoms with E-state index in [0.29, 0.717) is 23.8 Å². The summed E-state index contributed by atoms with van der Waals surface area (Å²) in [6, 6.07) is 13.5. The standard InChI is InChI=1S/C22H23N3O5/c1-14-7-9-16(10-8-14)25-15(2)21(27)24(22(25)28)12-20(26)23-11-17-13-29-18-5-3-4-6-19(18)30-17/h3-10,15,17H,11-13H2,1-2H3,(H,23,26)/t15-,17-/m1/s1. The van der Waals surface area contributed by atoms with Gasteiger partial charge in [0, 0.05) is 5.69 Å². The highest BCUT2D eigenvalue weighted by Crippen LogP contribution is 2.30. The van der Waals surface area contributed by atoms with Gasteiger partial charge in [0.25, 0.3) is 5.91 Å². The molecule has 2 aliphatic heterocycles. The fraction of sp³-hybridized carbons (Fsp3) is 0.318. The molecule has 2 atom stereocenters. The van der Waals surface area contributed by atoms with Gasteiger partial charge in [0.15, 0.2) is 11.5 Å². The van der Waals surface area contributed by atoms with Gasteiger partial charge in [0.1, 0.15) is 25.3 Å². The van der Waals surface area contributed by atoms with Crippen molar-refractivity contribution in [3.8, 4) is 11.5 Å². The van der Waals surface area contributed by atoms with Gasteiger partial charge in [-0.25, -0.2) is 4.79 Å². The summed E-state index contributed by atoms with van der Waals surface area (Å²) in [5.74, 6) is 0.452. The lowest BCUT2D eigenvalue weighted by molar-refractivity contribution is -0.132. The van der Waals surface area contributed by atoms with E-state index in [0.717, 1.165) is 10.5 Å². The van der Waals surface area contributed by atoms with Crippen molar-refractivity contribution < 1.29 is 23.9 Å². The predicted molar refractivity (Wildman–Crippen MR) is 110 cm³/mol. The second kappa shape index (κ2) is 8.06. The topological polar surface area (TPSA) is 88.2 Å². The highest BCUT2D eigenvalue weighted by Gasteiger charge is 2.44. The molecule has 0 spiro atoms. The maximum Gasteiger partial charge on any atom is 0.332 e. The quantitative estimate of drug-likeness (QED) is 0.765. The molecule has 4 amide bonds. The summed E-state index contributed by atoms with van der Waals surface area (Å²) < 4.78 is 11.4. The zero-order valence-electron chi connectivity index (χ0n) is 16.8. The van der Waals surface area contributed by atoms with Crippen LogP contribution >= 0.6 is 0 Å². The Hall–Kier alpha value is -3.55. The number of hydrogen-bond donors (Lipinski definition) is 1. The van der Waals surface area contributed by atoms with E-state index in [1.807, 2.05) is 37.3 Å². The minimum atomic E-state index is -0.667. The number of rotatable bonds is 5. The third-order valence-corrected chi connectivity index (χ3v) is 5.16. The number of hydrogen-bond acceptors (Lipinski definition) is 5. The molecule has 2 heterocycles. The van der Waals surface area contributed by atoms with Crippen molar-refractivity contribution >= 4 is 23.5 Å². The average molecular weight is 409 g/mol. The van der Waals surface area contributed by atoms with Crippen molar-refractivity contribution in [2.75, 3.05) is 24.6 Å². The number of urea groups is 1. The number of anilines is 1. The van der Waals surface area contributed by atoms with Gasteiger partial charge in [-0.05, 0) is 38.1 Å². The maximum absolute atomic E-state index is 12.8. The number of fused-ring (bicyclic) bond motifs is 1. The minimum Gasteiger partial charge on any atom is -0.486 e.